The van der Waals surface area contributed by atoms with Gasteiger partial charge in [-0.25, -0.2) is 4.98 Å². The maximum Gasteiger partial charge on any atom is 0.186 e. The van der Waals surface area contributed by atoms with E-state index in [2.05, 4.69) is 17.9 Å². The lowest BCUT2D eigenvalue weighted by molar-refractivity contribution is -0.161. The van der Waals surface area contributed by atoms with Crippen LogP contribution in [0.15, 0.2) is 6.07 Å². The number of hydrogen-bond acceptors (Lipinski definition) is 5. The van der Waals surface area contributed by atoms with Crippen LogP contribution in [0.3, 0.4) is 0 Å². The molecule has 0 atom stereocenters. The lowest BCUT2D eigenvalue weighted by Crippen LogP contribution is -2.49. The molecule has 0 aromatic carbocycles. The molecule has 110 valence electrons. The fourth-order valence-corrected chi connectivity index (χ4v) is 3.26. The molecule has 0 saturated carbocycles. The second kappa shape index (κ2) is 5.31. The standard InChI is InChI=1S/C15H23N3O2/c1-11-8-12(2)17-14(13(11)9-16)18-5-3-4-15(10-18)19-6-7-20-15/h8H,3-7,9-10,16H2,1-2H3. The highest BCUT2D eigenvalue weighted by Crippen LogP contribution is 2.33. The Morgan fingerprint density at radius 1 is 1.35 bits per heavy atom. The van der Waals surface area contributed by atoms with Gasteiger partial charge in [0, 0.05) is 30.8 Å². The van der Waals surface area contributed by atoms with Gasteiger partial charge in [0.1, 0.15) is 5.82 Å². The molecule has 1 aromatic rings. The molecule has 3 rings (SSSR count). The zero-order chi connectivity index (χ0) is 14.2. The second-order valence-electron chi connectivity index (χ2n) is 5.72. The van der Waals surface area contributed by atoms with Crippen molar-refractivity contribution in [1.29, 1.82) is 0 Å². The Labute approximate surface area is 120 Å². The lowest BCUT2D eigenvalue weighted by Gasteiger charge is -2.40. The van der Waals surface area contributed by atoms with Gasteiger partial charge in [-0.3, -0.25) is 0 Å². The number of aryl methyl sites for hydroxylation is 2. The number of nitrogens with zero attached hydrogens (tertiary/aromatic N) is 2. The molecule has 0 unspecified atom stereocenters. The van der Waals surface area contributed by atoms with Crippen LogP contribution in [0, 0.1) is 13.8 Å². The summed E-state index contributed by atoms with van der Waals surface area (Å²) in [5, 5.41) is 0. The van der Waals surface area contributed by atoms with Crippen LogP contribution in [0.2, 0.25) is 0 Å². The van der Waals surface area contributed by atoms with Gasteiger partial charge in [-0.1, -0.05) is 0 Å². The molecule has 3 heterocycles. The van der Waals surface area contributed by atoms with E-state index in [0.717, 1.165) is 43.0 Å². The third-order valence-corrected chi connectivity index (χ3v) is 4.19. The van der Waals surface area contributed by atoms with Gasteiger partial charge in [-0.15, -0.1) is 0 Å². The molecule has 1 spiro atoms. The summed E-state index contributed by atoms with van der Waals surface area (Å²) in [6, 6.07) is 2.09. The Kier molecular flexibility index (Phi) is 3.67. The number of aromatic nitrogens is 1. The van der Waals surface area contributed by atoms with E-state index in [1.807, 2.05) is 6.92 Å². The van der Waals surface area contributed by atoms with Crippen molar-refractivity contribution in [3.05, 3.63) is 22.9 Å². The van der Waals surface area contributed by atoms with Crippen LogP contribution in [0.1, 0.15) is 29.7 Å². The van der Waals surface area contributed by atoms with Crippen LogP contribution in [0.4, 0.5) is 5.82 Å². The zero-order valence-electron chi connectivity index (χ0n) is 12.3. The van der Waals surface area contributed by atoms with Crippen LogP contribution < -0.4 is 10.6 Å². The molecule has 2 fully saturated rings. The molecule has 2 aliphatic heterocycles. The zero-order valence-corrected chi connectivity index (χ0v) is 12.3. The van der Waals surface area contributed by atoms with Crippen molar-refractivity contribution in [3.63, 3.8) is 0 Å². The SMILES string of the molecule is Cc1cc(C)c(CN)c(N2CCCC3(C2)OCCO3)n1. The minimum atomic E-state index is -0.427. The van der Waals surface area contributed by atoms with Crippen LogP contribution in [-0.4, -0.2) is 37.1 Å². The van der Waals surface area contributed by atoms with E-state index in [9.17, 15) is 0 Å². The summed E-state index contributed by atoms with van der Waals surface area (Å²) in [7, 11) is 0. The minimum Gasteiger partial charge on any atom is -0.351 e. The average molecular weight is 277 g/mol. The van der Waals surface area contributed by atoms with Crippen molar-refractivity contribution >= 4 is 5.82 Å². The maximum absolute atomic E-state index is 5.92. The lowest BCUT2D eigenvalue weighted by atomic mass is 10.0. The largest absolute Gasteiger partial charge is 0.351 e. The smallest absolute Gasteiger partial charge is 0.186 e. The molecule has 20 heavy (non-hydrogen) atoms. The number of hydrogen-bond donors (Lipinski definition) is 1. The first-order valence-corrected chi connectivity index (χ1v) is 7.34. The van der Waals surface area contributed by atoms with Gasteiger partial charge in [-0.2, -0.15) is 0 Å². The summed E-state index contributed by atoms with van der Waals surface area (Å²) in [6.45, 7) is 7.75. The monoisotopic (exact) mass is 277 g/mol. The van der Waals surface area contributed by atoms with Gasteiger partial charge < -0.3 is 20.1 Å². The highest BCUT2D eigenvalue weighted by Gasteiger charge is 2.41. The Balaban J connectivity index is 1.92. The molecular formula is C15H23N3O2. The number of nitrogens with two attached hydrogens (primary N) is 1. The maximum atomic E-state index is 5.92. The van der Waals surface area contributed by atoms with E-state index in [0.29, 0.717) is 19.8 Å². The summed E-state index contributed by atoms with van der Waals surface area (Å²) in [5.74, 6) is 0.576. The molecule has 0 amide bonds. The van der Waals surface area contributed by atoms with E-state index in [1.54, 1.807) is 0 Å². The van der Waals surface area contributed by atoms with Crippen molar-refractivity contribution in [2.45, 2.75) is 39.0 Å². The summed E-state index contributed by atoms with van der Waals surface area (Å²) in [6.07, 6.45) is 2.02. The molecule has 2 aliphatic rings. The molecule has 5 nitrogen and oxygen atoms in total. The summed E-state index contributed by atoms with van der Waals surface area (Å²) in [5.41, 5.74) is 9.30. The number of rotatable bonds is 2. The Morgan fingerprint density at radius 2 is 2.10 bits per heavy atom. The fourth-order valence-electron chi connectivity index (χ4n) is 3.26. The van der Waals surface area contributed by atoms with Crippen LogP contribution in [-0.2, 0) is 16.0 Å². The van der Waals surface area contributed by atoms with E-state index in [4.69, 9.17) is 20.2 Å². The molecule has 0 bridgehead atoms. The highest BCUT2D eigenvalue weighted by molar-refractivity contribution is 5.52. The van der Waals surface area contributed by atoms with Crippen molar-refractivity contribution in [1.82, 2.24) is 4.98 Å². The van der Waals surface area contributed by atoms with E-state index < -0.39 is 5.79 Å². The Morgan fingerprint density at radius 3 is 2.80 bits per heavy atom. The molecular weight excluding hydrogens is 254 g/mol. The first-order chi connectivity index (χ1) is 9.63. The van der Waals surface area contributed by atoms with Gasteiger partial charge in [0.2, 0.25) is 0 Å². The minimum absolute atomic E-state index is 0.427. The second-order valence-corrected chi connectivity index (χ2v) is 5.72. The van der Waals surface area contributed by atoms with Crippen molar-refractivity contribution in [2.24, 2.45) is 5.73 Å². The van der Waals surface area contributed by atoms with Gasteiger partial charge in [0.25, 0.3) is 0 Å². The molecule has 0 radical (unpaired) electrons. The summed E-state index contributed by atoms with van der Waals surface area (Å²) in [4.78, 5) is 6.99. The topological polar surface area (TPSA) is 60.6 Å². The highest BCUT2D eigenvalue weighted by atomic mass is 16.7. The first kappa shape index (κ1) is 13.8. The third-order valence-electron chi connectivity index (χ3n) is 4.19. The summed E-state index contributed by atoms with van der Waals surface area (Å²) < 4.78 is 11.7. The van der Waals surface area contributed by atoms with Crippen LogP contribution in [0.25, 0.3) is 0 Å². The Hall–Kier alpha value is -1.17. The van der Waals surface area contributed by atoms with Crippen LogP contribution in [0.5, 0.6) is 0 Å². The van der Waals surface area contributed by atoms with Gasteiger partial charge in [0.15, 0.2) is 5.79 Å². The number of piperidine rings is 1. The van der Waals surface area contributed by atoms with Crippen molar-refractivity contribution in [3.8, 4) is 0 Å². The molecule has 2 saturated heterocycles. The normalized spacial score (nSPS) is 21.6. The van der Waals surface area contributed by atoms with E-state index in [-0.39, 0.29) is 0 Å². The van der Waals surface area contributed by atoms with Crippen molar-refractivity contribution in [2.75, 3.05) is 31.2 Å². The molecule has 2 N–H and O–H groups in total. The Bertz CT molecular complexity index is 498. The predicted octanol–water partition coefficient (Wildman–Crippen LogP) is 1.50. The number of ether oxygens (including phenoxy) is 2. The van der Waals surface area contributed by atoms with Gasteiger partial charge in [0.05, 0.1) is 19.8 Å². The third kappa shape index (κ3) is 2.41. The van der Waals surface area contributed by atoms with Crippen molar-refractivity contribution < 1.29 is 9.47 Å². The molecule has 1 aromatic heterocycles. The number of anilines is 1. The quantitative estimate of drug-likeness (QED) is 0.887. The fraction of sp³-hybridized carbons (Fsp3) is 0.667. The number of pyridine rings is 1. The molecule has 5 heteroatoms. The summed E-state index contributed by atoms with van der Waals surface area (Å²) >= 11 is 0. The average Bonchev–Trinajstić information content (AvgIpc) is 2.86. The van der Waals surface area contributed by atoms with Gasteiger partial charge in [-0.05, 0) is 31.9 Å². The molecule has 0 aliphatic carbocycles. The van der Waals surface area contributed by atoms with Crippen LogP contribution >= 0.6 is 0 Å². The van der Waals surface area contributed by atoms with E-state index in [1.165, 1.54) is 5.56 Å². The predicted molar refractivity (Wildman–Crippen MR) is 77.7 cm³/mol. The first-order valence-electron chi connectivity index (χ1n) is 7.34. The van der Waals surface area contributed by atoms with E-state index >= 15 is 0 Å². The van der Waals surface area contributed by atoms with Gasteiger partial charge >= 0.3 is 0 Å².